The highest BCUT2D eigenvalue weighted by molar-refractivity contribution is 5.81. The molecule has 2 fully saturated rings. The fourth-order valence-corrected chi connectivity index (χ4v) is 2.83. The van der Waals surface area contributed by atoms with Crippen molar-refractivity contribution in [3.8, 4) is 0 Å². The summed E-state index contributed by atoms with van der Waals surface area (Å²) in [6.07, 6.45) is 4.28. The highest BCUT2D eigenvalue weighted by Crippen LogP contribution is 2.29. The van der Waals surface area contributed by atoms with Crippen LogP contribution in [0.1, 0.15) is 31.2 Å². The summed E-state index contributed by atoms with van der Waals surface area (Å²) in [6.45, 7) is 2.78. The van der Waals surface area contributed by atoms with Gasteiger partial charge in [0.05, 0.1) is 0 Å². The predicted molar refractivity (Wildman–Crippen MR) is 75.6 cm³/mol. The van der Waals surface area contributed by atoms with Crippen LogP contribution in [0, 0.1) is 11.7 Å². The molecule has 1 N–H and O–H groups in total. The van der Waals surface area contributed by atoms with Crippen LogP contribution in [-0.2, 0) is 11.3 Å². The van der Waals surface area contributed by atoms with Crippen molar-refractivity contribution in [3.63, 3.8) is 0 Å². The van der Waals surface area contributed by atoms with E-state index >= 15 is 0 Å². The van der Waals surface area contributed by atoms with Crippen molar-refractivity contribution < 1.29 is 9.18 Å². The first-order valence-electron chi connectivity index (χ1n) is 7.48. The van der Waals surface area contributed by atoms with Crippen molar-refractivity contribution in [1.29, 1.82) is 0 Å². The largest absolute Gasteiger partial charge is 0.352 e. The number of hydrogen-bond donors (Lipinski definition) is 1. The van der Waals surface area contributed by atoms with Crippen molar-refractivity contribution in [2.45, 2.75) is 38.3 Å². The zero-order valence-electron chi connectivity index (χ0n) is 11.6. The first-order chi connectivity index (χ1) is 9.70. The maximum atomic E-state index is 12.9. The van der Waals surface area contributed by atoms with Gasteiger partial charge in [0.15, 0.2) is 0 Å². The molecule has 1 aromatic rings. The predicted octanol–water partition coefficient (Wildman–Crippen LogP) is 2.32. The van der Waals surface area contributed by atoms with E-state index < -0.39 is 0 Å². The molecule has 2 aliphatic rings. The third-order valence-corrected chi connectivity index (χ3v) is 4.12. The maximum Gasteiger partial charge on any atom is 0.223 e. The molecule has 0 radical (unpaired) electrons. The third-order valence-electron chi connectivity index (χ3n) is 4.12. The van der Waals surface area contributed by atoms with Crippen molar-refractivity contribution in [2.24, 2.45) is 5.92 Å². The molecule has 108 valence electrons. The number of carbonyl (C=O) groups excluding carboxylic acids is 1. The molecule has 20 heavy (non-hydrogen) atoms. The average Bonchev–Trinajstić information content (AvgIpc) is 3.26. The minimum atomic E-state index is -0.193. The fraction of sp³-hybridized carbons (Fsp3) is 0.562. The van der Waals surface area contributed by atoms with Gasteiger partial charge in [-0.15, -0.1) is 0 Å². The van der Waals surface area contributed by atoms with E-state index in [1.54, 1.807) is 0 Å². The molecule has 0 bridgehead atoms. The normalized spacial score (nSPS) is 23.6. The van der Waals surface area contributed by atoms with Crippen LogP contribution in [0.5, 0.6) is 0 Å². The number of carbonyl (C=O) groups is 1. The molecule has 1 amide bonds. The topological polar surface area (TPSA) is 32.3 Å². The second-order valence-electron chi connectivity index (χ2n) is 5.98. The number of hydrogen-bond acceptors (Lipinski definition) is 2. The lowest BCUT2D eigenvalue weighted by Gasteiger charge is -2.33. The minimum Gasteiger partial charge on any atom is -0.352 e. The van der Waals surface area contributed by atoms with Gasteiger partial charge in [-0.1, -0.05) is 12.1 Å². The molecular formula is C16H21FN2O. The van der Waals surface area contributed by atoms with Gasteiger partial charge in [0, 0.05) is 25.0 Å². The molecule has 0 aromatic heterocycles. The molecule has 1 aromatic carbocycles. The van der Waals surface area contributed by atoms with Gasteiger partial charge in [-0.2, -0.15) is 0 Å². The number of nitrogens with zero attached hydrogens (tertiary/aromatic N) is 1. The summed E-state index contributed by atoms with van der Waals surface area (Å²) in [5.74, 6) is 0.322. The Balaban J connectivity index is 1.52. The fourth-order valence-electron chi connectivity index (χ4n) is 2.83. The second-order valence-corrected chi connectivity index (χ2v) is 5.98. The lowest BCUT2D eigenvalue weighted by Crippen LogP contribution is -2.47. The zero-order chi connectivity index (χ0) is 13.9. The van der Waals surface area contributed by atoms with Crippen LogP contribution in [0.25, 0.3) is 0 Å². The second kappa shape index (κ2) is 5.92. The average molecular weight is 276 g/mol. The first-order valence-corrected chi connectivity index (χ1v) is 7.48. The van der Waals surface area contributed by atoms with E-state index in [1.807, 2.05) is 12.1 Å². The number of likely N-dealkylation sites (tertiary alicyclic amines) is 1. The van der Waals surface area contributed by atoms with Crippen LogP contribution in [0.4, 0.5) is 4.39 Å². The number of rotatable bonds is 4. The molecule has 4 heteroatoms. The maximum absolute atomic E-state index is 12.9. The van der Waals surface area contributed by atoms with Crippen LogP contribution in [-0.4, -0.2) is 29.9 Å². The number of halogens is 1. The standard InChI is InChI=1S/C16H21FN2O/c17-14-7-3-12(4-8-14)10-19-9-1-2-15(11-19)18-16(20)13-5-6-13/h3-4,7-8,13,15H,1-2,5-6,9-11H2,(H,18,20). The van der Waals surface area contributed by atoms with Crippen LogP contribution in [0.3, 0.4) is 0 Å². The quantitative estimate of drug-likeness (QED) is 0.915. The van der Waals surface area contributed by atoms with E-state index in [9.17, 15) is 9.18 Å². The summed E-state index contributed by atoms with van der Waals surface area (Å²) < 4.78 is 12.9. The van der Waals surface area contributed by atoms with E-state index in [1.165, 1.54) is 12.1 Å². The Bertz CT molecular complexity index is 470. The SMILES string of the molecule is O=C(NC1CCCN(Cc2ccc(F)cc2)C1)C1CC1. The molecule has 1 unspecified atom stereocenters. The smallest absolute Gasteiger partial charge is 0.223 e. The number of piperidine rings is 1. The Kier molecular flexibility index (Phi) is 4.01. The molecule has 3 nitrogen and oxygen atoms in total. The monoisotopic (exact) mass is 276 g/mol. The molecule has 1 aliphatic heterocycles. The van der Waals surface area contributed by atoms with Crippen LogP contribution < -0.4 is 5.32 Å². The zero-order valence-corrected chi connectivity index (χ0v) is 11.6. The van der Waals surface area contributed by atoms with Gasteiger partial charge in [0.25, 0.3) is 0 Å². The van der Waals surface area contributed by atoms with Gasteiger partial charge >= 0.3 is 0 Å². The van der Waals surface area contributed by atoms with E-state index in [0.717, 1.165) is 50.9 Å². The van der Waals surface area contributed by atoms with Gasteiger partial charge in [0.1, 0.15) is 5.82 Å². The van der Waals surface area contributed by atoms with E-state index in [2.05, 4.69) is 10.2 Å². The molecular weight excluding hydrogens is 255 g/mol. The Morgan fingerprint density at radius 1 is 1.25 bits per heavy atom. The Labute approximate surface area is 119 Å². The summed E-state index contributed by atoms with van der Waals surface area (Å²) in [5.41, 5.74) is 1.13. The summed E-state index contributed by atoms with van der Waals surface area (Å²) in [6, 6.07) is 6.96. The van der Waals surface area contributed by atoms with Crippen molar-refractivity contribution in [3.05, 3.63) is 35.6 Å². The number of nitrogens with one attached hydrogen (secondary N) is 1. The molecule has 1 saturated carbocycles. The van der Waals surface area contributed by atoms with Gasteiger partial charge in [-0.05, 0) is 49.9 Å². The molecule has 1 heterocycles. The number of benzene rings is 1. The van der Waals surface area contributed by atoms with Crippen molar-refractivity contribution >= 4 is 5.91 Å². The number of amides is 1. The van der Waals surface area contributed by atoms with E-state index in [-0.39, 0.29) is 23.7 Å². The molecule has 1 saturated heterocycles. The Morgan fingerprint density at radius 2 is 2.00 bits per heavy atom. The molecule has 1 atom stereocenters. The summed E-state index contributed by atoms with van der Waals surface area (Å²) in [7, 11) is 0. The Morgan fingerprint density at radius 3 is 2.70 bits per heavy atom. The lowest BCUT2D eigenvalue weighted by atomic mass is 10.0. The first kappa shape index (κ1) is 13.6. The van der Waals surface area contributed by atoms with Gasteiger partial charge in [-0.25, -0.2) is 4.39 Å². The van der Waals surface area contributed by atoms with Gasteiger partial charge < -0.3 is 5.32 Å². The highest BCUT2D eigenvalue weighted by atomic mass is 19.1. The van der Waals surface area contributed by atoms with E-state index in [0.29, 0.717) is 0 Å². The summed E-state index contributed by atoms with van der Waals surface area (Å²) >= 11 is 0. The van der Waals surface area contributed by atoms with Crippen molar-refractivity contribution in [2.75, 3.05) is 13.1 Å². The minimum absolute atomic E-state index is 0.193. The molecule has 1 aliphatic carbocycles. The van der Waals surface area contributed by atoms with E-state index in [4.69, 9.17) is 0 Å². The van der Waals surface area contributed by atoms with Gasteiger partial charge in [-0.3, -0.25) is 9.69 Å². The molecule has 0 spiro atoms. The van der Waals surface area contributed by atoms with Crippen molar-refractivity contribution in [1.82, 2.24) is 10.2 Å². The third kappa shape index (κ3) is 3.57. The van der Waals surface area contributed by atoms with Crippen LogP contribution in [0.2, 0.25) is 0 Å². The van der Waals surface area contributed by atoms with Gasteiger partial charge in [0.2, 0.25) is 5.91 Å². The summed E-state index contributed by atoms with van der Waals surface area (Å²) in [5, 5.41) is 3.17. The Hall–Kier alpha value is -1.42. The summed E-state index contributed by atoms with van der Waals surface area (Å²) in [4.78, 5) is 14.1. The highest BCUT2D eigenvalue weighted by Gasteiger charge is 2.31. The van der Waals surface area contributed by atoms with Crippen LogP contribution >= 0.6 is 0 Å². The molecule has 3 rings (SSSR count). The van der Waals surface area contributed by atoms with Crippen LogP contribution in [0.15, 0.2) is 24.3 Å². The lowest BCUT2D eigenvalue weighted by molar-refractivity contribution is -0.123.